The summed E-state index contributed by atoms with van der Waals surface area (Å²) >= 11 is 0. The largest absolute Gasteiger partial charge is 0.462 e. The summed E-state index contributed by atoms with van der Waals surface area (Å²) in [7, 11) is -2.26. The van der Waals surface area contributed by atoms with Crippen LogP contribution in [0.2, 0.25) is 13.1 Å². The zero-order chi connectivity index (χ0) is 12.8. The molecule has 0 aliphatic heterocycles. The molecule has 92 valence electrons. The number of carbonyl (C=O) groups excluding carboxylic acids is 2. The molecule has 0 fully saturated rings. The summed E-state index contributed by atoms with van der Waals surface area (Å²) in [6.07, 6.45) is 0.220. The van der Waals surface area contributed by atoms with E-state index in [4.69, 9.17) is 9.16 Å². The van der Waals surface area contributed by atoms with Gasteiger partial charge in [0.25, 0.3) is 8.32 Å². The fourth-order valence-corrected chi connectivity index (χ4v) is 2.69. The highest BCUT2D eigenvalue weighted by Crippen LogP contribution is 2.08. The third-order valence-electron chi connectivity index (χ3n) is 2.09. The lowest BCUT2D eigenvalue weighted by Gasteiger charge is -2.19. The Morgan fingerprint density at radius 3 is 2.31 bits per heavy atom. The molecule has 0 rings (SSSR count). The van der Waals surface area contributed by atoms with Crippen LogP contribution >= 0.6 is 0 Å². The maximum atomic E-state index is 11.7. The van der Waals surface area contributed by atoms with Crippen molar-refractivity contribution in [3.63, 3.8) is 0 Å². The lowest BCUT2D eigenvalue weighted by Crippen LogP contribution is -2.41. The van der Waals surface area contributed by atoms with Gasteiger partial charge in [0.2, 0.25) is 0 Å². The van der Waals surface area contributed by atoms with Crippen molar-refractivity contribution >= 4 is 19.7 Å². The van der Waals surface area contributed by atoms with Crippen LogP contribution in [0.4, 0.5) is 0 Å². The molecular formula is C11H20O4Si. The van der Waals surface area contributed by atoms with Gasteiger partial charge in [0.1, 0.15) is 5.41 Å². The molecule has 0 amide bonds. The molecule has 16 heavy (non-hydrogen) atoms. The molecule has 0 bridgehead atoms. The normalized spacial score (nSPS) is 11.0. The minimum absolute atomic E-state index is 0.0591. The van der Waals surface area contributed by atoms with E-state index in [9.17, 15) is 9.59 Å². The predicted octanol–water partition coefficient (Wildman–Crippen LogP) is 1.85. The molecule has 4 nitrogen and oxygen atoms in total. The summed E-state index contributed by atoms with van der Waals surface area (Å²) in [5.41, 5.74) is 0.341. The molecule has 0 saturated carbocycles. The molecule has 0 saturated heterocycles. The van der Waals surface area contributed by atoms with E-state index < -0.39 is 14.3 Å². The molecule has 0 aromatic heterocycles. The maximum absolute atomic E-state index is 11.7. The zero-order valence-electron chi connectivity index (χ0n) is 10.5. The molecule has 0 heterocycles. The van der Waals surface area contributed by atoms with E-state index in [-0.39, 0.29) is 18.4 Å². The molecule has 0 unspecified atom stereocenters. The van der Waals surface area contributed by atoms with Gasteiger partial charge in [0.05, 0.1) is 6.61 Å². The molecule has 0 aliphatic carbocycles. The number of rotatable bonds is 7. The van der Waals surface area contributed by atoms with E-state index in [1.165, 1.54) is 0 Å². The van der Waals surface area contributed by atoms with Crippen molar-refractivity contribution in [2.45, 2.75) is 33.4 Å². The first-order chi connectivity index (χ1) is 7.31. The third kappa shape index (κ3) is 5.23. The van der Waals surface area contributed by atoms with E-state index in [2.05, 4.69) is 6.58 Å². The Labute approximate surface area is 97.8 Å². The highest BCUT2D eigenvalue weighted by atomic mass is 28.4. The zero-order valence-corrected chi connectivity index (χ0v) is 11.5. The van der Waals surface area contributed by atoms with Gasteiger partial charge in [0, 0.05) is 18.6 Å². The van der Waals surface area contributed by atoms with E-state index in [0.29, 0.717) is 12.2 Å². The highest BCUT2D eigenvalue weighted by Gasteiger charge is 2.31. The van der Waals surface area contributed by atoms with Crippen LogP contribution in [0.15, 0.2) is 12.2 Å². The fraction of sp³-hybridized carbons (Fsp3) is 0.636. The molecule has 0 N–H and O–H groups in total. The average molecular weight is 244 g/mol. The number of ether oxygens (including phenoxy) is 1. The van der Waals surface area contributed by atoms with Gasteiger partial charge >= 0.3 is 5.97 Å². The predicted molar refractivity (Wildman–Crippen MR) is 64.5 cm³/mol. The average Bonchev–Trinajstić information content (AvgIpc) is 2.16. The van der Waals surface area contributed by atoms with E-state index >= 15 is 0 Å². The fourth-order valence-electron chi connectivity index (χ4n) is 1.10. The summed E-state index contributed by atoms with van der Waals surface area (Å²) in [5.74, 6) is -0.455. The van der Waals surface area contributed by atoms with Gasteiger partial charge in [-0.15, -0.1) is 0 Å². The minimum atomic E-state index is -2.26. The van der Waals surface area contributed by atoms with Crippen molar-refractivity contribution in [1.29, 1.82) is 0 Å². The molecule has 5 heteroatoms. The van der Waals surface area contributed by atoms with Gasteiger partial charge < -0.3 is 14.0 Å². The number of hydrogen-bond acceptors (Lipinski definition) is 4. The molecule has 0 aromatic rings. The molecule has 0 aliphatic rings. The van der Waals surface area contributed by atoms with Crippen molar-refractivity contribution in [2.75, 3.05) is 13.2 Å². The van der Waals surface area contributed by atoms with Crippen LogP contribution in [0.3, 0.4) is 0 Å². The van der Waals surface area contributed by atoms with Crippen LogP contribution in [0, 0.1) is 0 Å². The first kappa shape index (κ1) is 15.1. The lowest BCUT2D eigenvalue weighted by molar-refractivity contribution is -0.139. The Bertz CT molecular complexity index is 284. The maximum Gasteiger partial charge on any atom is 0.333 e. The molecule has 0 spiro atoms. The van der Waals surface area contributed by atoms with Crippen molar-refractivity contribution in [3.8, 4) is 0 Å². The second-order valence-electron chi connectivity index (χ2n) is 4.03. The third-order valence-corrected chi connectivity index (χ3v) is 4.69. The van der Waals surface area contributed by atoms with E-state index in [0.717, 1.165) is 0 Å². The summed E-state index contributed by atoms with van der Waals surface area (Å²) in [6, 6.07) is 0. The second-order valence-corrected chi connectivity index (χ2v) is 7.90. The van der Waals surface area contributed by atoms with Gasteiger partial charge in [-0.1, -0.05) is 6.58 Å². The van der Waals surface area contributed by atoms with Crippen LogP contribution in [-0.4, -0.2) is 32.9 Å². The standard InChI is InChI=1S/C11H20O4Si/c1-6-15-16(4,5)10(12)7-8-14-11(13)9(2)3/h2,6-8H2,1,3-5H3. The quantitative estimate of drug-likeness (QED) is 0.389. The Balaban J connectivity index is 3.99. The smallest absolute Gasteiger partial charge is 0.333 e. The monoisotopic (exact) mass is 244 g/mol. The van der Waals surface area contributed by atoms with Gasteiger partial charge in [-0.3, -0.25) is 0 Å². The van der Waals surface area contributed by atoms with Crippen molar-refractivity contribution in [2.24, 2.45) is 0 Å². The topological polar surface area (TPSA) is 52.6 Å². The Morgan fingerprint density at radius 1 is 1.31 bits per heavy atom. The summed E-state index contributed by atoms with van der Waals surface area (Å²) < 4.78 is 10.3. The van der Waals surface area contributed by atoms with Crippen LogP contribution in [0.1, 0.15) is 20.3 Å². The van der Waals surface area contributed by atoms with Gasteiger partial charge in [-0.05, 0) is 26.9 Å². The first-order valence-electron chi connectivity index (χ1n) is 5.31. The summed E-state index contributed by atoms with van der Waals surface area (Å²) in [4.78, 5) is 22.8. The van der Waals surface area contributed by atoms with Crippen LogP contribution < -0.4 is 0 Å². The lowest BCUT2D eigenvalue weighted by atomic mass is 10.4. The first-order valence-corrected chi connectivity index (χ1v) is 8.22. The van der Waals surface area contributed by atoms with Crippen LogP contribution in [0.25, 0.3) is 0 Å². The minimum Gasteiger partial charge on any atom is -0.462 e. The Kier molecular flexibility index (Phi) is 6.21. The van der Waals surface area contributed by atoms with Crippen molar-refractivity contribution in [3.05, 3.63) is 12.2 Å². The van der Waals surface area contributed by atoms with E-state index in [1.807, 2.05) is 20.0 Å². The van der Waals surface area contributed by atoms with Gasteiger partial charge in [-0.2, -0.15) is 0 Å². The van der Waals surface area contributed by atoms with Crippen LogP contribution in [-0.2, 0) is 18.8 Å². The summed E-state index contributed by atoms with van der Waals surface area (Å²) in [6.45, 7) is 11.2. The van der Waals surface area contributed by atoms with Gasteiger partial charge in [-0.25, -0.2) is 4.79 Å². The summed E-state index contributed by atoms with van der Waals surface area (Å²) in [5, 5.41) is 0.0591. The number of carbonyl (C=O) groups is 2. The molecule has 0 atom stereocenters. The second kappa shape index (κ2) is 6.60. The molecule has 0 aromatic carbocycles. The number of esters is 1. The van der Waals surface area contributed by atoms with Gasteiger partial charge in [0.15, 0.2) is 0 Å². The van der Waals surface area contributed by atoms with E-state index in [1.54, 1.807) is 6.92 Å². The molecule has 0 radical (unpaired) electrons. The molecular weight excluding hydrogens is 224 g/mol. The van der Waals surface area contributed by atoms with Crippen molar-refractivity contribution < 1.29 is 18.8 Å². The highest BCUT2D eigenvalue weighted by molar-refractivity contribution is 6.99. The van der Waals surface area contributed by atoms with Crippen LogP contribution in [0.5, 0.6) is 0 Å². The Hall–Kier alpha value is -0.943. The SMILES string of the molecule is C=C(C)C(=O)OCCC(=O)[Si](C)(C)OCC. The Morgan fingerprint density at radius 2 is 1.88 bits per heavy atom. The number of hydrogen-bond donors (Lipinski definition) is 0. The van der Waals surface area contributed by atoms with Crippen molar-refractivity contribution in [1.82, 2.24) is 0 Å².